The molecule has 0 aromatic heterocycles. The van der Waals surface area contributed by atoms with E-state index >= 15 is 0 Å². The van der Waals surface area contributed by atoms with Gasteiger partial charge in [-0.05, 0) is 31.4 Å². The Balaban J connectivity index is 1.76. The number of nitrogens with one attached hydrogen (secondary N) is 1. The molecule has 1 aliphatic heterocycles. The number of rotatable bonds is 6. The fraction of sp³-hybridized carbons (Fsp3) is 0.529. The highest BCUT2D eigenvalue weighted by molar-refractivity contribution is 5.96. The van der Waals surface area contributed by atoms with E-state index in [1.54, 1.807) is 19.2 Å². The van der Waals surface area contributed by atoms with Crippen molar-refractivity contribution in [3.63, 3.8) is 0 Å². The van der Waals surface area contributed by atoms with E-state index in [1.165, 1.54) is 0 Å². The maximum atomic E-state index is 12.1. The molecule has 0 bridgehead atoms. The topological polar surface area (TPSA) is 58.6 Å². The summed E-state index contributed by atoms with van der Waals surface area (Å²) in [6.45, 7) is 2.12. The fourth-order valence-electron chi connectivity index (χ4n) is 2.67. The van der Waals surface area contributed by atoms with Crippen LogP contribution in [0.4, 0.5) is 0 Å². The second-order valence-corrected chi connectivity index (χ2v) is 5.50. The van der Waals surface area contributed by atoms with E-state index in [0.29, 0.717) is 30.8 Å². The molecular formula is C17H24N2O3. The summed E-state index contributed by atoms with van der Waals surface area (Å²) in [6.07, 6.45) is 4.65. The maximum absolute atomic E-state index is 12.1. The fourth-order valence-corrected chi connectivity index (χ4v) is 2.67. The summed E-state index contributed by atoms with van der Waals surface area (Å²) in [6, 6.07) is 7.16. The number of nitrogens with zero attached hydrogens (tertiary/aromatic N) is 1. The van der Waals surface area contributed by atoms with Crippen molar-refractivity contribution in [3.8, 4) is 5.75 Å². The first-order valence-electron chi connectivity index (χ1n) is 7.91. The lowest BCUT2D eigenvalue weighted by molar-refractivity contribution is -0.130. The van der Waals surface area contributed by atoms with Gasteiger partial charge in [0.05, 0.1) is 12.7 Å². The number of para-hydroxylation sites is 1. The summed E-state index contributed by atoms with van der Waals surface area (Å²) >= 11 is 0. The number of likely N-dealkylation sites (tertiary alicyclic amines) is 1. The molecule has 5 heteroatoms. The quantitative estimate of drug-likeness (QED) is 0.820. The molecule has 1 fully saturated rings. The Morgan fingerprint density at radius 3 is 2.91 bits per heavy atom. The summed E-state index contributed by atoms with van der Waals surface area (Å²) in [5.74, 6) is 0.677. The van der Waals surface area contributed by atoms with Crippen molar-refractivity contribution >= 4 is 11.8 Å². The van der Waals surface area contributed by atoms with Gasteiger partial charge in [-0.1, -0.05) is 18.6 Å². The third-order valence-electron chi connectivity index (χ3n) is 3.91. The van der Waals surface area contributed by atoms with Gasteiger partial charge in [0, 0.05) is 26.1 Å². The molecule has 1 saturated heterocycles. The number of hydrogen-bond acceptors (Lipinski definition) is 3. The highest BCUT2D eigenvalue weighted by Gasteiger charge is 2.16. The van der Waals surface area contributed by atoms with Crippen LogP contribution in [0.2, 0.25) is 0 Å². The molecule has 1 aromatic carbocycles. The number of amides is 2. The first-order chi connectivity index (χ1) is 10.7. The van der Waals surface area contributed by atoms with E-state index in [-0.39, 0.29) is 11.8 Å². The molecule has 0 saturated carbocycles. The number of methoxy groups -OCH3 is 1. The average Bonchev–Trinajstić information content (AvgIpc) is 2.75. The molecule has 22 heavy (non-hydrogen) atoms. The first kappa shape index (κ1) is 16.3. The minimum Gasteiger partial charge on any atom is -0.496 e. The van der Waals surface area contributed by atoms with Gasteiger partial charge in [0.2, 0.25) is 5.91 Å². The normalized spacial score (nSPS) is 15.3. The predicted octanol–water partition coefficient (Wildman–Crippen LogP) is 2.22. The van der Waals surface area contributed by atoms with Crippen molar-refractivity contribution < 1.29 is 14.3 Å². The number of ether oxygens (including phenoxy) is 1. The molecular weight excluding hydrogens is 280 g/mol. The van der Waals surface area contributed by atoms with Crippen LogP contribution in [0.5, 0.6) is 5.75 Å². The summed E-state index contributed by atoms with van der Waals surface area (Å²) in [5.41, 5.74) is 0.538. The van der Waals surface area contributed by atoms with Crippen molar-refractivity contribution in [1.29, 1.82) is 0 Å². The van der Waals surface area contributed by atoms with Crippen molar-refractivity contribution in [2.24, 2.45) is 0 Å². The van der Waals surface area contributed by atoms with Gasteiger partial charge < -0.3 is 15.0 Å². The lowest BCUT2D eigenvalue weighted by atomic mass is 10.2. The Morgan fingerprint density at radius 2 is 2.09 bits per heavy atom. The minimum atomic E-state index is -0.139. The molecule has 0 aliphatic carbocycles. The van der Waals surface area contributed by atoms with Gasteiger partial charge in [0.25, 0.3) is 5.91 Å². The number of carbonyl (C=O) groups excluding carboxylic acids is 2. The zero-order valence-corrected chi connectivity index (χ0v) is 13.1. The molecule has 1 aromatic rings. The Morgan fingerprint density at radius 1 is 1.27 bits per heavy atom. The van der Waals surface area contributed by atoms with Crippen LogP contribution in [0.3, 0.4) is 0 Å². The zero-order valence-electron chi connectivity index (χ0n) is 13.1. The molecule has 2 amide bonds. The summed E-state index contributed by atoms with van der Waals surface area (Å²) < 4.78 is 5.18. The lowest BCUT2D eigenvalue weighted by Crippen LogP contribution is -2.34. The van der Waals surface area contributed by atoms with Gasteiger partial charge in [0.1, 0.15) is 5.75 Å². The van der Waals surface area contributed by atoms with Gasteiger partial charge >= 0.3 is 0 Å². The van der Waals surface area contributed by atoms with Gasteiger partial charge in [-0.15, -0.1) is 0 Å². The Kier molecular flexibility index (Phi) is 6.25. The van der Waals surface area contributed by atoms with Crippen LogP contribution in [0, 0.1) is 0 Å². The molecule has 0 spiro atoms. The van der Waals surface area contributed by atoms with Crippen LogP contribution < -0.4 is 10.1 Å². The molecule has 120 valence electrons. The number of hydrogen-bond donors (Lipinski definition) is 1. The SMILES string of the molecule is COc1ccccc1C(=O)NCCCN1CCCCCC1=O. The standard InChI is InChI=1S/C17H24N2O3/c1-22-15-9-5-4-8-14(15)17(21)18-11-7-13-19-12-6-2-3-10-16(19)20/h4-5,8-9H,2-3,6-7,10-13H2,1H3,(H,18,21). The third kappa shape index (κ3) is 4.48. The number of benzene rings is 1. The molecule has 1 N–H and O–H groups in total. The largest absolute Gasteiger partial charge is 0.496 e. The summed E-state index contributed by atoms with van der Waals surface area (Å²) in [5, 5.41) is 2.89. The number of carbonyl (C=O) groups is 2. The summed E-state index contributed by atoms with van der Waals surface area (Å²) in [7, 11) is 1.55. The molecule has 5 nitrogen and oxygen atoms in total. The van der Waals surface area contributed by atoms with Crippen LogP contribution >= 0.6 is 0 Å². The molecule has 2 rings (SSSR count). The highest BCUT2D eigenvalue weighted by atomic mass is 16.5. The molecule has 1 aliphatic rings. The monoisotopic (exact) mass is 304 g/mol. The van der Waals surface area contributed by atoms with Crippen LogP contribution in [-0.2, 0) is 4.79 Å². The van der Waals surface area contributed by atoms with Crippen LogP contribution in [0.15, 0.2) is 24.3 Å². The second kappa shape index (κ2) is 8.41. The van der Waals surface area contributed by atoms with Crippen molar-refractivity contribution in [3.05, 3.63) is 29.8 Å². The van der Waals surface area contributed by atoms with Crippen molar-refractivity contribution in [2.45, 2.75) is 32.1 Å². The molecule has 0 unspecified atom stereocenters. The van der Waals surface area contributed by atoms with E-state index in [0.717, 1.165) is 32.2 Å². The van der Waals surface area contributed by atoms with E-state index in [9.17, 15) is 9.59 Å². The lowest BCUT2D eigenvalue weighted by Gasteiger charge is -2.20. The first-order valence-corrected chi connectivity index (χ1v) is 7.91. The van der Waals surface area contributed by atoms with E-state index < -0.39 is 0 Å². The third-order valence-corrected chi connectivity index (χ3v) is 3.91. The smallest absolute Gasteiger partial charge is 0.255 e. The molecule has 0 atom stereocenters. The minimum absolute atomic E-state index is 0.139. The highest BCUT2D eigenvalue weighted by Crippen LogP contribution is 2.16. The van der Waals surface area contributed by atoms with E-state index in [1.807, 2.05) is 17.0 Å². The Labute approximate surface area is 131 Å². The molecule has 0 radical (unpaired) electrons. The Bertz CT molecular complexity index is 516. The van der Waals surface area contributed by atoms with Crippen molar-refractivity contribution in [2.75, 3.05) is 26.7 Å². The van der Waals surface area contributed by atoms with Gasteiger partial charge in [0.15, 0.2) is 0 Å². The van der Waals surface area contributed by atoms with Crippen LogP contribution in [0.25, 0.3) is 0 Å². The predicted molar refractivity (Wildman–Crippen MR) is 85.0 cm³/mol. The van der Waals surface area contributed by atoms with Crippen LogP contribution in [-0.4, -0.2) is 43.5 Å². The van der Waals surface area contributed by atoms with Crippen LogP contribution in [0.1, 0.15) is 42.5 Å². The Hall–Kier alpha value is -2.04. The van der Waals surface area contributed by atoms with E-state index in [4.69, 9.17) is 4.74 Å². The van der Waals surface area contributed by atoms with E-state index in [2.05, 4.69) is 5.32 Å². The van der Waals surface area contributed by atoms with Gasteiger partial charge in [-0.25, -0.2) is 0 Å². The zero-order chi connectivity index (χ0) is 15.8. The van der Waals surface area contributed by atoms with Gasteiger partial charge in [-0.2, -0.15) is 0 Å². The van der Waals surface area contributed by atoms with Crippen molar-refractivity contribution in [1.82, 2.24) is 10.2 Å². The average molecular weight is 304 g/mol. The molecule has 1 heterocycles. The summed E-state index contributed by atoms with van der Waals surface area (Å²) in [4.78, 5) is 25.9. The maximum Gasteiger partial charge on any atom is 0.255 e. The second-order valence-electron chi connectivity index (χ2n) is 5.50. The van der Waals surface area contributed by atoms with Gasteiger partial charge in [-0.3, -0.25) is 9.59 Å².